The average Bonchev–Trinajstić information content (AvgIpc) is 2.86. The molecule has 1 aliphatic heterocycles. The highest BCUT2D eigenvalue weighted by atomic mass is 32.2. The van der Waals surface area contributed by atoms with Crippen molar-refractivity contribution in [2.45, 2.75) is 25.3 Å². The summed E-state index contributed by atoms with van der Waals surface area (Å²) in [5.41, 5.74) is 0. The molecule has 1 heterocycles. The van der Waals surface area contributed by atoms with E-state index in [1.54, 1.807) is 0 Å². The number of rotatable bonds is 3. The molecule has 0 spiro atoms. The van der Waals surface area contributed by atoms with Gasteiger partial charge in [-0.05, 0) is 19.3 Å². The maximum atomic E-state index is 11.4. The predicted molar refractivity (Wildman–Crippen MR) is 55.7 cm³/mol. The molecule has 1 saturated heterocycles. The molecular weight excluding hydrogens is 216 g/mol. The van der Waals surface area contributed by atoms with Crippen molar-refractivity contribution < 1.29 is 13.2 Å². The van der Waals surface area contributed by atoms with Gasteiger partial charge >= 0.3 is 0 Å². The zero-order valence-electron chi connectivity index (χ0n) is 8.77. The molecule has 1 unspecified atom stereocenters. The first-order valence-corrected chi connectivity index (χ1v) is 7.07. The van der Waals surface area contributed by atoms with Gasteiger partial charge in [-0.25, -0.2) is 12.7 Å². The van der Waals surface area contributed by atoms with Gasteiger partial charge in [0.15, 0.2) is 0 Å². The minimum atomic E-state index is -3.09. The summed E-state index contributed by atoms with van der Waals surface area (Å²) in [4.78, 5) is 11.4. The SMILES string of the molecule is CS(=O)(=O)N1CCC(NC(=O)C2CC2)C1. The van der Waals surface area contributed by atoms with Gasteiger partial charge in [0.05, 0.1) is 6.26 Å². The van der Waals surface area contributed by atoms with E-state index in [9.17, 15) is 13.2 Å². The van der Waals surface area contributed by atoms with Gasteiger partial charge in [-0.3, -0.25) is 4.79 Å². The molecule has 0 radical (unpaired) electrons. The van der Waals surface area contributed by atoms with Gasteiger partial charge in [0.2, 0.25) is 15.9 Å². The zero-order chi connectivity index (χ0) is 11.1. The first kappa shape index (κ1) is 10.9. The number of sulfonamides is 1. The molecule has 1 saturated carbocycles. The largest absolute Gasteiger partial charge is 0.352 e. The summed E-state index contributed by atoms with van der Waals surface area (Å²) in [6.45, 7) is 0.950. The molecule has 2 fully saturated rings. The molecule has 15 heavy (non-hydrogen) atoms. The molecule has 2 aliphatic rings. The Morgan fingerprint density at radius 1 is 1.33 bits per heavy atom. The number of carbonyl (C=O) groups excluding carboxylic acids is 1. The lowest BCUT2D eigenvalue weighted by Gasteiger charge is -2.14. The van der Waals surface area contributed by atoms with Crippen molar-refractivity contribution in [1.82, 2.24) is 9.62 Å². The highest BCUT2D eigenvalue weighted by Gasteiger charge is 2.34. The van der Waals surface area contributed by atoms with Crippen LogP contribution < -0.4 is 5.32 Å². The molecule has 1 amide bonds. The average molecular weight is 232 g/mol. The van der Waals surface area contributed by atoms with E-state index in [2.05, 4.69) is 5.32 Å². The van der Waals surface area contributed by atoms with E-state index in [0.29, 0.717) is 13.1 Å². The van der Waals surface area contributed by atoms with Crippen LogP contribution in [0.25, 0.3) is 0 Å². The summed E-state index contributed by atoms with van der Waals surface area (Å²) in [7, 11) is -3.09. The summed E-state index contributed by atoms with van der Waals surface area (Å²) >= 11 is 0. The molecule has 6 heteroatoms. The van der Waals surface area contributed by atoms with E-state index >= 15 is 0 Å². The fourth-order valence-corrected chi connectivity index (χ4v) is 2.70. The third-order valence-electron chi connectivity index (χ3n) is 2.91. The Kier molecular flexibility index (Phi) is 2.72. The molecule has 1 N–H and O–H groups in total. The fourth-order valence-electron chi connectivity index (χ4n) is 1.81. The van der Waals surface area contributed by atoms with Crippen molar-refractivity contribution in [2.75, 3.05) is 19.3 Å². The standard InChI is InChI=1S/C9H16N2O3S/c1-15(13,14)11-5-4-8(6-11)10-9(12)7-2-3-7/h7-8H,2-6H2,1H3,(H,10,12). The van der Waals surface area contributed by atoms with Crippen LogP contribution >= 0.6 is 0 Å². The van der Waals surface area contributed by atoms with Gasteiger partial charge in [-0.2, -0.15) is 0 Å². The van der Waals surface area contributed by atoms with Crippen molar-refractivity contribution >= 4 is 15.9 Å². The predicted octanol–water partition coefficient (Wildman–Crippen LogP) is -0.453. The Labute approximate surface area is 89.9 Å². The lowest BCUT2D eigenvalue weighted by molar-refractivity contribution is -0.122. The van der Waals surface area contributed by atoms with E-state index in [1.165, 1.54) is 10.6 Å². The van der Waals surface area contributed by atoms with Gasteiger partial charge < -0.3 is 5.32 Å². The van der Waals surface area contributed by atoms with Crippen LogP contribution in [0.4, 0.5) is 0 Å². The Morgan fingerprint density at radius 2 is 2.00 bits per heavy atom. The maximum absolute atomic E-state index is 11.4. The van der Waals surface area contributed by atoms with Gasteiger partial charge in [0, 0.05) is 25.0 Å². The Bertz CT molecular complexity index is 362. The summed E-state index contributed by atoms with van der Waals surface area (Å²) in [6.07, 6.45) is 3.90. The quantitative estimate of drug-likeness (QED) is 0.716. The molecular formula is C9H16N2O3S. The number of nitrogens with zero attached hydrogens (tertiary/aromatic N) is 1. The van der Waals surface area contributed by atoms with Crippen molar-refractivity contribution in [1.29, 1.82) is 0 Å². The van der Waals surface area contributed by atoms with E-state index in [0.717, 1.165) is 19.3 Å². The van der Waals surface area contributed by atoms with Gasteiger partial charge in [-0.15, -0.1) is 0 Å². The molecule has 0 aromatic carbocycles. The van der Waals surface area contributed by atoms with Crippen molar-refractivity contribution in [2.24, 2.45) is 5.92 Å². The van der Waals surface area contributed by atoms with Crippen LogP contribution in [0.5, 0.6) is 0 Å². The smallest absolute Gasteiger partial charge is 0.223 e. The van der Waals surface area contributed by atoms with Crippen LogP contribution in [-0.2, 0) is 14.8 Å². The zero-order valence-corrected chi connectivity index (χ0v) is 9.59. The van der Waals surface area contributed by atoms with E-state index in [4.69, 9.17) is 0 Å². The number of amides is 1. The second-order valence-corrected chi connectivity index (χ2v) is 6.37. The molecule has 2 rings (SSSR count). The molecule has 0 aromatic rings. The first-order chi connectivity index (χ1) is 6.97. The Hall–Kier alpha value is -0.620. The normalized spacial score (nSPS) is 27.9. The number of hydrogen-bond acceptors (Lipinski definition) is 3. The second-order valence-electron chi connectivity index (χ2n) is 4.39. The van der Waals surface area contributed by atoms with Crippen molar-refractivity contribution in [3.8, 4) is 0 Å². The fraction of sp³-hybridized carbons (Fsp3) is 0.889. The number of nitrogens with one attached hydrogen (secondary N) is 1. The first-order valence-electron chi connectivity index (χ1n) is 5.22. The Morgan fingerprint density at radius 3 is 2.47 bits per heavy atom. The van der Waals surface area contributed by atoms with E-state index in [1.807, 2.05) is 0 Å². The number of carbonyl (C=O) groups is 1. The molecule has 0 aromatic heterocycles. The van der Waals surface area contributed by atoms with Crippen LogP contribution in [0.3, 0.4) is 0 Å². The van der Waals surface area contributed by atoms with E-state index < -0.39 is 10.0 Å². The molecule has 0 bridgehead atoms. The van der Waals surface area contributed by atoms with Crippen LogP contribution in [0, 0.1) is 5.92 Å². The third-order valence-corrected chi connectivity index (χ3v) is 4.18. The van der Waals surface area contributed by atoms with Gasteiger partial charge in [-0.1, -0.05) is 0 Å². The minimum Gasteiger partial charge on any atom is -0.352 e. The van der Waals surface area contributed by atoms with Crippen LogP contribution in [0.2, 0.25) is 0 Å². The summed E-state index contributed by atoms with van der Waals surface area (Å²) in [5, 5.41) is 2.90. The third kappa shape index (κ3) is 2.69. The van der Waals surface area contributed by atoms with Crippen LogP contribution in [0.15, 0.2) is 0 Å². The van der Waals surface area contributed by atoms with Crippen molar-refractivity contribution in [3.63, 3.8) is 0 Å². The van der Waals surface area contributed by atoms with Gasteiger partial charge in [0.25, 0.3) is 0 Å². The summed E-state index contributed by atoms with van der Waals surface area (Å²) in [6, 6.07) is 0.00725. The topological polar surface area (TPSA) is 66.5 Å². The lowest BCUT2D eigenvalue weighted by atomic mass is 10.2. The molecule has 1 aliphatic carbocycles. The summed E-state index contributed by atoms with van der Waals surface area (Å²) in [5.74, 6) is 0.285. The van der Waals surface area contributed by atoms with Crippen LogP contribution in [-0.4, -0.2) is 44.0 Å². The van der Waals surface area contributed by atoms with Crippen molar-refractivity contribution in [3.05, 3.63) is 0 Å². The highest BCUT2D eigenvalue weighted by molar-refractivity contribution is 7.88. The molecule has 5 nitrogen and oxygen atoms in total. The van der Waals surface area contributed by atoms with Crippen LogP contribution in [0.1, 0.15) is 19.3 Å². The summed E-state index contributed by atoms with van der Waals surface area (Å²) < 4.78 is 23.9. The minimum absolute atomic E-state index is 0.00725. The molecule has 1 atom stereocenters. The van der Waals surface area contributed by atoms with Gasteiger partial charge in [0.1, 0.15) is 0 Å². The highest BCUT2D eigenvalue weighted by Crippen LogP contribution is 2.29. The van der Waals surface area contributed by atoms with E-state index in [-0.39, 0.29) is 17.9 Å². The number of hydrogen-bond donors (Lipinski definition) is 1. The second kappa shape index (κ2) is 3.75. The lowest BCUT2D eigenvalue weighted by Crippen LogP contribution is -2.38. The molecule has 86 valence electrons. The maximum Gasteiger partial charge on any atom is 0.223 e. The monoisotopic (exact) mass is 232 g/mol. The Balaban J connectivity index is 1.84.